The Bertz CT molecular complexity index is 689. The van der Waals surface area contributed by atoms with Crippen molar-refractivity contribution in [2.45, 2.75) is 13.3 Å². The van der Waals surface area contributed by atoms with Crippen molar-refractivity contribution in [1.29, 1.82) is 0 Å². The van der Waals surface area contributed by atoms with Crippen LogP contribution in [0.2, 0.25) is 5.02 Å². The number of carbonyl (C=O) groups is 2. The Morgan fingerprint density at radius 2 is 1.79 bits per heavy atom. The summed E-state index contributed by atoms with van der Waals surface area (Å²) < 4.78 is 0. The first-order chi connectivity index (χ1) is 11.6. The van der Waals surface area contributed by atoms with E-state index in [0.717, 1.165) is 12.0 Å². The average molecular weight is 345 g/mol. The van der Waals surface area contributed by atoms with Gasteiger partial charge in [0.15, 0.2) is 0 Å². The van der Waals surface area contributed by atoms with Gasteiger partial charge in [0, 0.05) is 37.1 Å². The Morgan fingerprint density at radius 1 is 1.04 bits per heavy atom. The van der Waals surface area contributed by atoms with Gasteiger partial charge in [-0.05, 0) is 36.2 Å². The van der Waals surface area contributed by atoms with Gasteiger partial charge in [0.05, 0.1) is 0 Å². The fraction of sp³-hybridized carbons (Fsp3) is 0.263. The topological polar surface area (TPSA) is 49.4 Å². The summed E-state index contributed by atoms with van der Waals surface area (Å²) in [6, 6.07) is 16.6. The smallest absolute Gasteiger partial charge is 0.251 e. The highest BCUT2D eigenvalue weighted by Gasteiger charge is 2.10. The Morgan fingerprint density at radius 3 is 2.46 bits per heavy atom. The van der Waals surface area contributed by atoms with Crippen LogP contribution in [0.25, 0.3) is 0 Å². The first-order valence-corrected chi connectivity index (χ1v) is 8.27. The zero-order valence-electron chi connectivity index (χ0n) is 13.7. The van der Waals surface area contributed by atoms with Gasteiger partial charge >= 0.3 is 0 Å². The molecule has 126 valence electrons. The van der Waals surface area contributed by atoms with Gasteiger partial charge in [0.2, 0.25) is 5.91 Å². The lowest BCUT2D eigenvalue weighted by Crippen LogP contribution is -2.38. The summed E-state index contributed by atoms with van der Waals surface area (Å²) in [7, 11) is 0. The maximum Gasteiger partial charge on any atom is 0.251 e. The number of carbonyl (C=O) groups excluding carboxylic acids is 2. The van der Waals surface area contributed by atoms with Crippen molar-refractivity contribution < 1.29 is 9.59 Å². The summed E-state index contributed by atoms with van der Waals surface area (Å²) in [5.41, 5.74) is 1.70. The maximum atomic E-state index is 12.0. The molecule has 0 spiro atoms. The molecular weight excluding hydrogens is 324 g/mol. The van der Waals surface area contributed by atoms with Gasteiger partial charge in [0.1, 0.15) is 0 Å². The molecule has 0 aliphatic rings. The molecule has 5 heteroatoms. The number of rotatable bonds is 7. The zero-order chi connectivity index (χ0) is 17.4. The predicted molar refractivity (Wildman–Crippen MR) is 96.2 cm³/mol. The van der Waals surface area contributed by atoms with Gasteiger partial charge in [-0.2, -0.15) is 0 Å². The second-order valence-corrected chi connectivity index (χ2v) is 5.94. The van der Waals surface area contributed by atoms with E-state index in [4.69, 9.17) is 11.6 Å². The highest BCUT2D eigenvalue weighted by atomic mass is 35.5. The zero-order valence-corrected chi connectivity index (χ0v) is 14.4. The van der Waals surface area contributed by atoms with Gasteiger partial charge in [-0.1, -0.05) is 41.9 Å². The molecule has 0 aliphatic carbocycles. The summed E-state index contributed by atoms with van der Waals surface area (Å²) >= 11 is 5.97. The molecule has 0 saturated carbocycles. The highest BCUT2D eigenvalue weighted by Crippen LogP contribution is 2.11. The van der Waals surface area contributed by atoms with Crippen LogP contribution < -0.4 is 5.32 Å². The molecule has 0 saturated heterocycles. The minimum absolute atomic E-state index is 0.00834. The first kappa shape index (κ1) is 18.0. The lowest BCUT2D eigenvalue weighted by molar-refractivity contribution is -0.128. The quantitative estimate of drug-likeness (QED) is 0.838. The molecule has 0 heterocycles. The van der Waals surface area contributed by atoms with Crippen LogP contribution in [-0.4, -0.2) is 36.3 Å². The number of nitrogens with zero attached hydrogens (tertiary/aromatic N) is 1. The Kier molecular flexibility index (Phi) is 6.82. The minimum atomic E-state index is -0.131. The molecule has 0 radical (unpaired) electrons. The number of amides is 2. The van der Waals surface area contributed by atoms with E-state index in [1.54, 1.807) is 17.0 Å². The molecule has 0 aliphatic heterocycles. The second-order valence-electron chi connectivity index (χ2n) is 5.51. The van der Waals surface area contributed by atoms with Crippen LogP contribution >= 0.6 is 11.6 Å². The first-order valence-electron chi connectivity index (χ1n) is 7.89. The molecule has 1 N–H and O–H groups in total. The lowest BCUT2D eigenvalue weighted by atomic mass is 10.1. The molecule has 2 aromatic carbocycles. The number of hydrogen-bond donors (Lipinski definition) is 1. The van der Waals surface area contributed by atoms with Crippen LogP contribution in [0.4, 0.5) is 0 Å². The van der Waals surface area contributed by atoms with Crippen molar-refractivity contribution in [1.82, 2.24) is 10.2 Å². The van der Waals surface area contributed by atoms with Gasteiger partial charge in [-0.15, -0.1) is 0 Å². The molecule has 4 nitrogen and oxygen atoms in total. The fourth-order valence-corrected chi connectivity index (χ4v) is 2.59. The van der Waals surface area contributed by atoms with E-state index < -0.39 is 0 Å². The van der Waals surface area contributed by atoms with Crippen molar-refractivity contribution in [3.05, 3.63) is 70.7 Å². The van der Waals surface area contributed by atoms with E-state index in [1.807, 2.05) is 42.5 Å². The highest BCUT2D eigenvalue weighted by molar-refractivity contribution is 6.30. The van der Waals surface area contributed by atoms with Crippen LogP contribution in [0.3, 0.4) is 0 Å². The van der Waals surface area contributed by atoms with E-state index in [1.165, 1.54) is 6.92 Å². The van der Waals surface area contributed by atoms with Gasteiger partial charge < -0.3 is 10.2 Å². The van der Waals surface area contributed by atoms with E-state index in [0.29, 0.717) is 30.2 Å². The third kappa shape index (κ3) is 5.70. The SMILES string of the molecule is CC(=O)N(CCNC(=O)c1ccccc1)CCc1cccc(Cl)c1. The molecule has 0 atom stereocenters. The molecule has 0 bridgehead atoms. The molecule has 0 fully saturated rings. The van der Waals surface area contributed by atoms with E-state index in [9.17, 15) is 9.59 Å². The summed E-state index contributed by atoms with van der Waals surface area (Å²) in [4.78, 5) is 25.5. The van der Waals surface area contributed by atoms with Gasteiger partial charge in [-0.25, -0.2) is 0 Å². The van der Waals surface area contributed by atoms with Crippen LogP contribution in [0.5, 0.6) is 0 Å². The number of nitrogens with one attached hydrogen (secondary N) is 1. The summed E-state index contributed by atoms with van der Waals surface area (Å²) in [6.45, 7) is 3.03. The van der Waals surface area contributed by atoms with Crippen molar-refractivity contribution in [3.8, 4) is 0 Å². The summed E-state index contributed by atoms with van der Waals surface area (Å²) in [5, 5.41) is 3.53. The molecular formula is C19H21ClN2O2. The fourth-order valence-electron chi connectivity index (χ4n) is 2.38. The molecule has 2 aromatic rings. The molecule has 24 heavy (non-hydrogen) atoms. The van der Waals surface area contributed by atoms with Gasteiger partial charge in [-0.3, -0.25) is 9.59 Å². The minimum Gasteiger partial charge on any atom is -0.350 e. The van der Waals surface area contributed by atoms with Crippen LogP contribution in [0.15, 0.2) is 54.6 Å². The number of hydrogen-bond acceptors (Lipinski definition) is 2. The van der Waals surface area contributed by atoms with Crippen molar-refractivity contribution >= 4 is 23.4 Å². The maximum absolute atomic E-state index is 12.0. The third-order valence-electron chi connectivity index (χ3n) is 3.71. The van der Waals surface area contributed by atoms with Gasteiger partial charge in [0.25, 0.3) is 5.91 Å². The third-order valence-corrected chi connectivity index (χ3v) is 3.94. The summed E-state index contributed by atoms with van der Waals surface area (Å²) in [6.07, 6.45) is 0.729. The monoisotopic (exact) mass is 344 g/mol. The Hall–Kier alpha value is -2.33. The van der Waals surface area contributed by atoms with Crippen LogP contribution in [0, 0.1) is 0 Å². The van der Waals surface area contributed by atoms with Crippen molar-refractivity contribution in [2.24, 2.45) is 0 Å². The summed E-state index contributed by atoms with van der Waals surface area (Å²) in [5.74, 6) is -0.139. The standard InChI is InChI=1S/C19H21ClN2O2/c1-15(23)22(12-10-16-6-5-9-18(20)14-16)13-11-21-19(24)17-7-3-2-4-8-17/h2-9,14H,10-13H2,1H3,(H,21,24). The second kappa shape index (κ2) is 9.08. The van der Waals surface area contributed by atoms with E-state index in [2.05, 4.69) is 5.32 Å². The average Bonchev–Trinajstić information content (AvgIpc) is 2.58. The van der Waals surface area contributed by atoms with Crippen LogP contribution in [-0.2, 0) is 11.2 Å². The molecule has 0 unspecified atom stereocenters. The number of halogens is 1. The normalized spacial score (nSPS) is 10.2. The molecule has 0 aromatic heterocycles. The van der Waals surface area contributed by atoms with E-state index in [-0.39, 0.29) is 11.8 Å². The largest absolute Gasteiger partial charge is 0.350 e. The molecule has 2 amide bonds. The number of benzene rings is 2. The van der Waals surface area contributed by atoms with Crippen LogP contribution in [0.1, 0.15) is 22.8 Å². The predicted octanol–water partition coefficient (Wildman–Crippen LogP) is 3.16. The lowest BCUT2D eigenvalue weighted by Gasteiger charge is -2.21. The molecule has 2 rings (SSSR count). The van der Waals surface area contributed by atoms with Crippen molar-refractivity contribution in [2.75, 3.05) is 19.6 Å². The Labute approximate surface area is 147 Å². The van der Waals surface area contributed by atoms with Crippen molar-refractivity contribution in [3.63, 3.8) is 0 Å². The Balaban J connectivity index is 1.81. The van der Waals surface area contributed by atoms with E-state index >= 15 is 0 Å².